The van der Waals surface area contributed by atoms with Crippen molar-refractivity contribution in [2.45, 2.75) is 103 Å². The maximum Gasteiger partial charge on any atom is 0.180 e. The molecule has 1 aliphatic carbocycles. The van der Waals surface area contributed by atoms with E-state index in [4.69, 9.17) is 15.1 Å². The average molecular weight is 594 g/mol. The smallest absolute Gasteiger partial charge is 0.180 e. The van der Waals surface area contributed by atoms with E-state index in [0.29, 0.717) is 13.0 Å². The molecule has 0 N–H and O–H groups in total. The molecule has 1 fully saturated rings. The zero-order valence-electron chi connectivity index (χ0n) is 27.6. The number of nitrogens with zero attached hydrogens (tertiary/aromatic N) is 5. The van der Waals surface area contributed by atoms with Crippen molar-refractivity contribution in [1.29, 1.82) is 0 Å². The molecule has 0 radical (unpaired) electrons. The van der Waals surface area contributed by atoms with E-state index >= 15 is 0 Å². The Hall–Kier alpha value is -3.54. The number of carbonyl (C=O) groups is 1. The Balaban J connectivity index is 1.04. The average Bonchev–Trinajstić information content (AvgIpc) is 3.44. The van der Waals surface area contributed by atoms with Gasteiger partial charge in [-0.3, -0.25) is 9.48 Å². The number of carbonyl (C=O) groups excluding carboxylic acids is 1. The van der Waals surface area contributed by atoms with Gasteiger partial charge in [-0.05, 0) is 48.4 Å². The molecular weight excluding hydrogens is 542 g/mol. The monoisotopic (exact) mass is 593 g/mol. The van der Waals surface area contributed by atoms with Gasteiger partial charge in [-0.25, -0.2) is 9.97 Å². The summed E-state index contributed by atoms with van der Waals surface area (Å²) in [5, 5.41) is 5.98. The third-order valence-corrected chi connectivity index (χ3v) is 9.31. The van der Waals surface area contributed by atoms with E-state index in [1.54, 1.807) is 0 Å². The Morgan fingerprint density at radius 1 is 0.864 bits per heavy atom. The van der Waals surface area contributed by atoms with E-state index in [0.717, 1.165) is 71.5 Å². The maximum absolute atomic E-state index is 13.4. The second-order valence-electron chi connectivity index (χ2n) is 14.1. The van der Waals surface area contributed by atoms with E-state index in [1.165, 1.54) is 44.1 Å². The second-order valence-corrected chi connectivity index (χ2v) is 14.1. The molecule has 4 aromatic rings. The number of rotatable bonds is 13. The molecule has 5 rings (SSSR count). The van der Waals surface area contributed by atoms with Crippen LogP contribution in [0.5, 0.6) is 0 Å². The molecule has 44 heavy (non-hydrogen) atoms. The van der Waals surface area contributed by atoms with Crippen LogP contribution < -0.4 is 4.90 Å². The van der Waals surface area contributed by atoms with Crippen LogP contribution in [0.3, 0.4) is 0 Å². The molecule has 0 aliphatic heterocycles. The van der Waals surface area contributed by atoms with Gasteiger partial charge in [0.05, 0.1) is 17.8 Å². The second kappa shape index (κ2) is 14.5. The summed E-state index contributed by atoms with van der Waals surface area (Å²) in [5.74, 6) is 3.80. The van der Waals surface area contributed by atoms with Crippen molar-refractivity contribution in [3.8, 4) is 0 Å². The van der Waals surface area contributed by atoms with E-state index in [1.807, 2.05) is 28.9 Å². The molecule has 1 aliphatic rings. The van der Waals surface area contributed by atoms with Gasteiger partial charge >= 0.3 is 0 Å². The molecule has 0 saturated heterocycles. The van der Waals surface area contributed by atoms with Crippen LogP contribution in [-0.4, -0.2) is 39.6 Å². The highest BCUT2D eigenvalue weighted by molar-refractivity contribution is 5.94. The molecule has 6 heteroatoms. The Labute approximate surface area is 264 Å². The van der Waals surface area contributed by atoms with Crippen LogP contribution in [0.15, 0.2) is 60.7 Å². The maximum atomic E-state index is 13.4. The largest absolute Gasteiger partial charge is 0.362 e. The van der Waals surface area contributed by atoms with Gasteiger partial charge in [0, 0.05) is 37.7 Å². The number of hydrogen-bond acceptors (Lipinski definition) is 5. The molecule has 2 heterocycles. The number of aromatic nitrogens is 4. The van der Waals surface area contributed by atoms with Gasteiger partial charge < -0.3 is 4.90 Å². The first-order valence-electron chi connectivity index (χ1n) is 16.8. The number of fused-ring (bicyclic) bond motifs is 1. The van der Waals surface area contributed by atoms with Crippen LogP contribution in [0.2, 0.25) is 0 Å². The highest BCUT2D eigenvalue weighted by Crippen LogP contribution is 2.35. The Bertz CT molecular complexity index is 1510. The fourth-order valence-corrected chi connectivity index (χ4v) is 6.65. The van der Waals surface area contributed by atoms with Gasteiger partial charge in [-0.2, -0.15) is 5.10 Å². The Kier molecular flexibility index (Phi) is 10.5. The summed E-state index contributed by atoms with van der Waals surface area (Å²) >= 11 is 0. The van der Waals surface area contributed by atoms with Crippen LogP contribution in [0, 0.1) is 11.8 Å². The molecule has 0 unspecified atom stereocenters. The predicted octanol–water partition coefficient (Wildman–Crippen LogP) is 8.81. The molecule has 6 nitrogen and oxygen atoms in total. The van der Waals surface area contributed by atoms with Gasteiger partial charge in [0.15, 0.2) is 5.78 Å². The van der Waals surface area contributed by atoms with E-state index in [-0.39, 0.29) is 11.2 Å². The first-order valence-corrected chi connectivity index (χ1v) is 16.8. The summed E-state index contributed by atoms with van der Waals surface area (Å²) in [5.41, 5.74) is 3.86. The molecule has 2 aromatic heterocycles. The fourth-order valence-electron chi connectivity index (χ4n) is 6.65. The van der Waals surface area contributed by atoms with Crippen molar-refractivity contribution in [2.75, 3.05) is 19.0 Å². The van der Waals surface area contributed by atoms with Gasteiger partial charge in [0.2, 0.25) is 0 Å². The molecule has 0 atom stereocenters. The lowest BCUT2D eigenvalue weighted by Gasteiger charge is -2.28. The van der Waals surface area contributed by atoms with Crippen LogP contribution in [-0.2, 0) is 18.4 Å². The molecule has 0 bridgehead atoms. The quantitative estimate of drug-likeness (QED) is 0.114. The van der Waals surface area contributed by atoms with Gasteiger partial charge in [0.25, 0.3) is 0 Å². The summed E-state index contributed by atoms with van der Waals surface area (Å²) in [6.07, 6.45) is 12.6. The van der Waals surface area contributed by atoms with Crippen molar-refractivity contribution in [2.24, 2.45) is 11.8 Å². The minimum atomic E-state index is -0.0879. The van der Waals surface area contributed by atoms with Crippen molar-refractivity contribution in [1.82, 2.24) is 19.7 Å². The number of anilines is 1. The highest BCUT2D eigenvalue weighted by atomic mass is 16.1. The topological polar surface area (TPSA) is 63.9 Å². The van der Waals surface area contributed by atoms with E-state index in [9.17, 15) is 4.79 Å². The van der Waals surface area contributed by atoms with Crippen LogP contribution in [0.25, 0.3) is 10.9 Å². The van der Waals surface area contributed by atoms with E-state index < -0.39 is 0 Å². The summed E-state index contributed by atoms with van der Waals surface area (Å²) in [6, 6.07) is 20.6. The number of Topliss-reactive ketones (excluding diaryl/α,β-unsaturated/α-hetero) is 1. The van der Waals surface area contributed by atoms with Crippen molar-refractivity contribution in [3.63, 3.8) is 0 Å². The number of aryl methyl sites for hydroxylation is 1. The number of benzene rings is 2. The summed E-state index contributed by atoms with van der Waals surface area (Å²) < 4.78 is 1.93. The van der Waals surface area contributed by atoms with Crippen molar-refractivity contribution >= 4 is 22.5 Å². The molecule has 234 valence electrons. The Morgan fingerprint density at radius 3 is 2.20 bits per heavy atom. The van der Waals surface area contributed by atoms with Gasteiger partial charge in [0.1, 0.15) is 17.3 Å². The van der Waals surface area contributed by atoms with Crippen LogP contribution >= 0.6 is 0 Å². The minimum absolute atomic E-state index is 0.0879. The van der Waals surface area contributed by atoms with Crippen molar-refractivity contribution < 1.29 is 4.79 Å². The number of ketones is 1. The Morgan fingerprint density at radius 2 is 1.52 bits per heavy atom. The third-order valence-electron chi connectivity index (χ3n) is 9.31. The lowest BCUT2D eigenvalue weighted by atomic mass is 9.78. The molecule has 1 saturated carbocycles. The van der Waals surface area contributed by atoms with E-state index in [2.05, 4.69) is 76.2 Å². The standard InChI is InChI=1S/C38H51N5O/c1-38(2,3)35-26-33(43(41-35)27-30-15-7-6-8-16-30)34(44)20-13-17-29-24-22-28(23-25-29)14-9-12-21-36-39-32-19-11-10-18-31(32)37(40-36)42(4)5/h6-8,10-11,15-16,18-19,26,28-29H,9,12-14,17,20-25,27H2,1-5H3. The number of para-hydroxylation sites is 1. The zero-order chi connectivity index (χ0) is 31.1. The predicted molar refractivity (Wildman–Crippen MR) is 182 cm³/mol. The van der Waals surface area contributed by atoms with Crippen LogP contribution in [0.4, 0.5) is 5.82 Å². The lowest BCUT2D eigenvalue weighted by molar-refractivity contribution is 0.0966. The fraction of sp³-hybridized carbons (Fsp3) is 0.526. The normalized spacial score (nSPS) is 17.2. The number of hydrogen-bond donors (Lipinski definition) is 0. The van der Waals surface area contributed by atoms with Gasteiger partial charge in [-0.1, -0.05) is 108 Å². The van der Waals surface area contributed by atoms with Crippen LogP contribution in [0.1, 0.15) is 113 Å². The lowest BCUT2D eigenvalue weighted by Crippen LogP contribution is -2.16. The first-order chi connectivity index (χ1) is 21.2. The molecular formula is C38H51N5O. The summed E-state index contributed by atoms with van der Waals surface area (Å²) in [7, 11) is 4.11. The van der Waals surface area contributed by atoms with Gasteiger partial charge in [-0.15, -0.1) is 0 Å². The summed E-state index contributed by atoms with van der Waals surface area (Å²) in [6.45, 7) is 7.11. The third kappa shape index (κ3) is 8.34. The zero-order valence-corrected chi connectivity index (χ0v) is 27.6. The highest BCUT2D eigenvalue weighted by Gasteiger charge is 2.24. The van der Waals surface area contributed by atoms with Crippen molar-refractivity contribution in [3.05, 3.63) is 83.4 Å². The molecule has 0 spiro atoms. The minimum Gasteiger partial charge on any atom is -0.362 e. The summed E-state index contributed by atoms with van der Waals surface area (Å²) in [4.78, 5) is 25.2. The SMILES string of the molecule is CN(C)c1nc(CCCCC2CCC(CCCC(=O)c3cc(C(C)(C)C)nn3Cc3ccccc3)CC2)nc2ccccc12. The molecule has 2 aromatic carbocycles. The first kappa shape index (κ1) is 31.9. The molecule has 0 amide bonds. The number of unbranched alkanes of at least 4 members (excludes halogenated alkanes) is 1.